The summed E-state index contributed by atoms with van der Waals surface area (Å²) >= 11 is 0. The molecule has 3 heteroatoms. The third-order valence-electron chi connectivity index (χ3n) is 10.8. The summed E-state index contributed by atoms with van der Waals surface area (Å²) in [6, 6.07) is 6.97. The van der Waals surface area contributed by atoms with Crippen molar-refractivity contribution in [2.75, 3.05) is 0 Å². The van der Waals surface area contributed by atoms with Crippen molar-refractivity contribution < 1.29 is 5.11 Å². The molecule has 0 bridgehead atoms. The van der Waals surface area contributed by atoms with Crippen molar-refractivity contribution in [1.82, 2.24) is 9.97 Å². The topological polar surface area (TPSA) is 46.0 Å². The molecule has 4 fully saturated rings. The highest BCUT2D eigenvalue weighted by Crippen LogP contribution is 2.69. The van der Waals surface area contributed by atoms with Gasteiger partial charge in [0.25, 0.3) is 0 Å². The number of fused-ring (bicyclic) bond motifs is 6. The molecule has 4 saturated carbocycles. The van der Waals surface area contributed by atoms with Crippen LogP contribution in [-0.4, -0.2) is 21.2 Å². The molecule has 1 N–H and O–H groups in total. The summed E-state index contributed by atoms with van der Waals surface area (Å²) < 4.78 is 0. The first-order valence-electron chi connectivity index (χ1n) is 12.8. The van der Waals surface area contributed by atoms with Crippen molar-refractivity contribution in [3.8, 4) is 0 Å². The van der Waals surface area contributed by atoms with Gasteiger partial charge in [-0.3, -0.25) is 0 Å². The van der Waals surface area contributed by atoms with E-state index in [1.54, 1.807) is 0 Å². The summed E-state index contributed by atoms with van der Waals surface area (Å²) in [5, 5.41) is 11.5. The Balaban J connectivity index is 1.30. The molecule has 1 heterocycles. The molecule has 8 atom stereocenters. The summed E-state index contributed by atoms with van der Waals surface area (Å²) in [6.45, 7) is 7.19. The maximum absolute atomic E-state index is 10.3. The van der Waals surface area contributed by atoms with E-state index in [-0.39, 0.29) is 6.10 Å². The van der Waals surface area contributed by atoms with Crippen LogP contribution in [0.5, 0.6) is 0 Å². The van der Waals surface area contributed by atoms with Gasteiger partial charge in [-0.05, 0) is 123 Å². The van der Waals surface area contributed by atoms with E-state index >= 15 is 0 Å². The van der Waals surface area contributed by atoms with Gasteiger partial charge >= 0.3 is 0 Å². The van der Waals surface area contributed by atoms with Crippen LogP contribution < -0.4 is 0 Å². The Bertz CT molecular complexity index is 1000. The summed E-state index contributed by atoms with van der Waals surface area (Å²) in [5.74, 6) is 4.91. The molecule has 0 aliphatic heterocycles. The average molecular weight is 419 g/mol. The Hall–Kier alpha value is -1.48. The minimum absolute atomic E-state index is 0.0417. The molecule has 2 aromatic rings. The van der Waals surface area contributed by atoms with Gasteiger partial charge in [-0.2, -0.15) is 0 Å². The molecule has 0 unspecified atom stereocenters. The second-order valence-corrected chi connectivity index (χ2v) is 12.0. The third-order valence-corrected chi connectivity index (χ3v) is 10.8. The molecule has 31 heavy (non-hydrogen) atoms. The lowest BCUT2D eigenvalue weighted by Crippen LogP contribution is -2.53. The molecule has 0 saturated heterocycles. The van der Waals surface area contributed by atoms with Gasteiger partial charge in [-0.1, -0.05) is 19.9 Å². The fourth-order valence-corrected chi connectivity index (χ4v) is 9.14. The van der Waals surface area contributed by atoms with Crippen LogP contribution in [0.3, 0.4) is 0 Å². The fourth-order valence-electron chi connectivity index (χ4n) is 9.14. The molecule has 3 nitrogen and oxygen atoms in total. The Kier molecular flexibility index (Phi) is 4.55. The minimum Gasteiger partial charge on any atom is -0.393 e. The first-order chi connectivity index (χ1) is 14.9. The lowest BCUT2D eigenvalue weighted by atomic mass is 9.44. The summed E-state index contributed by atoms with van der Waals surface area (Å²) in [5.41, 5.74) is 3.49. The zero-order chi connectivity index (χ0) is 21.4. The summed E-state index contributed by atoms with van der Waals surface area (Å²) in [6.07, 6.45) is 13.5. The molecule has 1 aromatic heterocycles. The normalized spacial score (nSPS) is 44.5. The number of hydrogen-bond acceptors (Lipinski definition) is 3. The number of aromatic nitrogens is 2. The van der Waals surface area contributed by atoms with Crippen molar-refractivity contribution in [1.29, 1.82) is 0 Å². The monoisotopic (exact) mass is 418 g/mol. The number of hydrogen-bond donors (Lipinski definition) is 1. The first-order valence-corrected chi connectivity index (χ1v) is 12.8. The number of nitrogens with zero attached hydrogens (tertiary/aromatic N) is 2. The summed E-state index contributed by atoms with van der Waals surface area (Å²) in [4.78, 5) is 9.07. The van der Waals surface area contributed by atoms with Gasteiger partial charge in [-0.15, -0.1) is 0 Å². The Morgan fingerprint density at radius 2 is 1.74 bits per heavy atom. The molecule has 0 radical (unpaired) electrons. The largest absolute Gasteiger partial charge is 0.393 e. The van der Waals surface area contributed by atoms with Gasteiger partial charge < -0.3 is 5.11 Å². The van der Waals surface area contributed by atoms with Crippen LogP contribution in [0.15, 0.2) is 24.4 Å². The van der Waals surface area contributed by atoms with Crippen molar-refractivity contribution in [3.63, 3.8) is 0 Å². The Labute approximate surface area is 187 Å². The Morgan fingerprint density at radius 3 is 2.61 bits per heavy atom. The van der Waals surface area contributed by atoms with E-state index in [9.17, 15) is 5.11 Å². The third kappa shape index (κ3) is 2.95. The van der Waals surface area contributed by atoms with Gasteiger partial charge in [0.1, 0.15) is 5.82 Å². The van der Waals surface area contributed by atoms with Crippen LogP contribution in [-0.2, 0) is 0 Å². The number of rotatable bonds is 1. The SMILES string of the molecule is Cc1ncc2cc([C@H]3CC[C@H]4[C@@H]5CC[C@H]6C[C@@H](O)CC[C@]6(C)[C@H]5CC[C@]34C)ccc2n1. The second-order valence-electron chi connectivity index (χ2n) is 12.0. The predicted molar refractivity (Wildman–Crippen MR) is 125 cm³/mol. The van der Waals surface area contributed by atoms with Crippen molar-refractivity contribution >= 4 is 10.9 Å². The van der Waals surface area contributed by atoms with E-state index in [2.05, 4.69) is 42.0 Å². The molecule has 0 amide bonds. The van der Waals surface area contributed by atoms with Gasteiger partial charge in [-0.25, -0.2) is 9.97 Å². The van der Waals surface area contributed by atoms with Crippen LogP contribution in [0.4, 0.5) is 0 Å². The fraction of sp³-hybridized carbons (Fsp3) is 0.714. The van der Waals surface area contributed by atoms with Crippen molar-refractivity contribution in [2.24, 2.45) is 34.5 Å². The average Bonchev–Trinajstić information content (AvgIpc) is 3.11. The maximum atomic E-state index is 10.3. The first kappa shape index (κ1) is 20.1. The van der Waals surface area contributed by atoms with E-state index < -0.39 is 0 Å². The minimum atomic E-state index is -0.0417. The second kappa shape index (κ2) is 7.01. The summed E-state index contributed by atoms with van der Waals surface area (Å²) in [7, 11) is 0. The molecular weight excluding hydrogens is 380 g/mol. The molecular formula is C28H38N2O. The number of aryl methyl sites for hydroxylation is 1. The van der Waals surface area contributed by atoms with Gasteiger partial charge in [0.2, 0.25) is 0 Å². The zero-order valence-electron chi connectivity index (χ0n) is 19.5. The van der Waals surface area contributed by atoms with Crippen LogP contribution in [0.1, 0.15) is 88.9 Å². The highest BCUT2D eigenvalue weighted by atomic mass is 16.3. The highest BCUT2D eigenvalue weighted by molar-refractivity contribution is 5.78. The molecule has 4 aliphatic rings. The molecule has 1 aromatic carbocycles. The van der Waals surface area contributed by atoms with E-state index in [0.717, 1.165) is 47.9 Å². The lowest BCUT2D eigenvalue weighted by molar-refractivity contribution is -0.122. The van der Waals surface area contributed by atoms with E-state index in [1.165, 1.54) is 55.9 Å². The van der Waals surface area contributed by atoms with Crippen LogP contribution in [0.2, 0.25) is 0 Å². The number of aliphatic hydroxyl groups excluding tert-OH is 1. The quantitative estimate of drug-likeness (QED) is 0.581. The predicted octanol–water partition coefficient (Wildman–Crippen LogP) is 6.43. The van der Waals surface area contributed by atoms with Crippen molar-refractivity contribution in [2.45, 2.75) is 90.6 Å². The molecule has 166 valence electrons. The standard InChI is InChI=1S/C28H38N2O/c1-17-29-16-19-14-18(4-9-26(19)30-17)23-7-8-24-22-6-5-20-15-21(31)10-12-27(20,2)25(22)11-13-28(23,24)3/h4,9,14,16,20-25,31H,5-8,10-13,15H2,1-3H3/t20-,21-,22-,23+,24-,25-,27-,28+/m0/s1. The smallest absolute Gasteiger partial charge is 0.125 e. The maximum Gasteiger partial charge on any atom is 0.125 e. The molecule has 6 rings (SSSR count). The van der Waals surface area contributed by atoms with Crippen LogP contribution in [0.25, 0.3) is 10.9 Å². The number of aliphatic hydroxyl groups is 1. The van der Waals surface area contributed by atoms with Crippen LogP contribution in [0, 0.1) is 41.4 Å². The van der Waals surface area contributed by atoms with Crippen LogP contribution >= 0.6 is 0 Å². The highest BCUT2D eigenvalue weighted by Gasteiger charge is 2.60. The van der Waals surface area contributed by atoms with E-state index in [1.807, 2.05) is 13.1 Å². The number of benzene rings is 1. The lowest BCUT2D eigenvalue weighted by Gasteiger charge is -2.61. The van der Waals surface area contributed by atoms with Gasteiger partial charge in [0.15, 0.2) is 0 Å². The van der Waals surface area contributed by atoms with Crippen molar-refractivity contribution in [3.05, 3.63) is 35.8 Å². The molecule has 0 spiro atoms. The zero-order valence-corrected chi connectivity index (χ0v) is 19.5. The Morgan fingerprint density at radius 1 is 0.935 bits per heavy atom. The molecule has 4 aliphatic carbocycles. The van der Waals surface area contributed by atoms with E-state index in [4.69, 9.17) is 0 Å². The van der Waals surface area contributed by atoms with E-state index in [0.29, 0.717) is 16.7 Å². The van der Waals surface area contributed by atoms with Gasteiger partial charge in [0, 0.05) is 11.6 Å². The van der Waals surface area contributed by atoms with Gasteiger partial charge in [0.05, 0.1) is 11.6 Å².